The van der Waals surface area contributed by atoms with E-state index < -0.39 is 28.9 Å². The van der Waals surface area contributed by atoms with E-state index in [2.05, 4.69) is 20.8 Å². The van der Waals surface area contributed by atoms with Gasteiger partial charge in [-0.2, -0.15) is 4.98 Å². The van der Waals surface area contributed by atoms with Crippen LogP contribution in [0, 0.1) is 24.0 Å². The minimum atomic E-state index is -0.941. The second-order valence-electron chi connectivity index (χ2n) is 10.2. The number of halogens is 3. The fourth-order valence-corrected chi connectivity index (χ4v) is 6.06. The van der Waals surface area contributed by atoms with Crippen molar-refractivity contribution in [2.75, 3.05) is 33.6 Å². The molecule has 0 bridgehead atoms. The normalized spacial score (nSPS) is 20.6. The smallest absolute Gasteiger partial charge is 0.297 e. The van der Waals surface area contributed by atoms with E-state index in [0.29, 0.717) is 29.5 Å². The van der Waals surface area contributed by atoms with Crippen LogP contribution < -0.4 is 15.0 Å². The van der Waals surface area contributed by atoms with Gasteiger partial charge >= 0.3 is 0 Å². The van der Waals surface area contributed by atoms with Gasteiger partial charge < -0.3 is 14.2 Å². The number of benzene rings is 3. The third-order valence-electron chi connectivity index (χ3n) is 7.85. The Kier molecular flexibility index (Phi) is 6.64. The van der Waals surface area contributed by atoms with Crippen LogP contribution in [0.2, 0.25) is 0 Å². The summed E-state index contributed by atoms with van der Waals surface area (Å²) in [6.45, 7) is 1.20. The maximum absolute atomic E-state index is 16.2. The first-order chi connectivity index (χ1) is 19.3. The number of terminal acetylenes is 1. The highest BCUT2D eigenvalue weighted by atomic mass is 19.1. The summed E-state index contributed by atoms with van der Waals surface area (Å²) in [5.41, 5.74) is -0.995. The number of aromatic amines is 1. The summed E-state index contributed by atoms with van der Waals surface area (Å²) < 4.78 is 61.6. The Morgan fingerprint density at radius 1 is 1.20 bits per heavy atom. The molecule has 0 aliphatic carbocycles. The molecule has 0 spiro atoms. The summed E-state index contributed by atoms with van der Waals surface area (Å²) in [7, 11) is 1.46. The molecule has 10 heteroatoms. The lowest BCUT2D eigenvalue weighted by atomic mass is 9.93. The first-order valence-electron chi connectivity index (χ1n) is 12.9. The van der Waals surface area contributed by atoms with Crippen molar-refractivity contribution >= 4 is 21.7 Å². The lowest BCUT2D eigenvalue weighted by molar-refractivity contribution is 0.0512. The van der Waals surface area contributed by atoms with Crippen LogP contribution in [0.4, 0.5) is 13.2 Å². The molecule has 2 atom stereocenters. The maximum atomic E-state index is 16.2. The van der Waals surface area contributed by atoms with E-state index in [4.69, 9.17) is 20.6 Å². The number of nitrogens with zero attached hydrogens (tertiary/aromatic N) is 2. The minimum absolute atomic E-state index is 0.0124. The zero-order chi connectivity index (χ0) is 28.0. The Bertz CT molecular complexity index is 1730. The molecule has 6 rings (SSSR count). The third kappa shape index (κ3) is 4.35. The molecule has 0 radical (unpaired) electrons. The molecule has 1 aromatic heterocycles. The van der Waals surface area contributed by atoms with Gasteiger partial charge in [-0.1, -0.05) is 18.1 Å². The van der Waals surface area contributed by atoms with Crippen molar-refractivity contribution < 1.29 is 27.4 Å². The van der Waals surface area contributed by atoms with Crippen molar-refractivity contribution in [3.63, 3.8) is 0 Å². The number of aromatic nitrogens is 2. The van der Waals surface area contributed by atoms with Gasteiger partial charge in [0.2, 0.25) is 0 Å². The lowest BCUT2D eigenvalue weighted by Crippen LogP contribution is -2.43. The SMILES string of the molecule is C#Cc1c(F)ccc2cc(OCOC)cc(-c3ccc4c(=O)[nH]c(OC[C@@]56CCCN5C[C@H](F)C6)nc4c3F)c12. The number of hydrogen-bond donors (Lipinski definition) is 1. The van der Waals surface area contributed by atoms with Crippen molar-refractivity contribution in [1.29, 1.82) is 0 Å². The molecule has 2 fully saturated rings. The predicted octanol–water partition coefficient (Wildman–Crippen LogP) is 4.94. The fraction of sp³-hybridized carbons (Fsp3) is 0.333. The molecule has 40 heavy (non-hydrogen) atoms. The minimum Gasteiger partial charge on any atom is -0.468 e. The third-order valence-corrected chi connectivity index (χ3v) is 7.85. The van der Waals surface area contributed by atoms with Crippen LogP contribution in [0.25, 0.3) is 32.8 Å². The van der Waals surface area contributed by atoms with Crippen LogP contribution in [0.15, 0.2) is 41.2 Å². The van der Waals surface area contributed by atoms with Gasteiger partial charge in [-0.15, -0.1) is 6.42 Å². The lowest BCUT2D eigenvalue weighted by Gasteiger charge is -2.30. The Hall–Kier alpha value is -4.07. The van der Waals surface area contributed by atoms with Gasteiger partial charge in [0.05, 0.1) is 16.5 Å². The van der Waals surface area contributed by atoms with Crippen LogP contribution >= 0.6 is 0 Å². The number of rotatable bonds is 7. The molecular weight excluding hydrogens is 523 g/mol. The van der Waals surface area contributed by atoms with E-state index in [1.165, 1.54) is 37.4 Å². The molecule has 3 aromatic carbocycles. The molecule has 4 aromatic rings. The highest BCUT2D eigenvalue weighted by Crippen LogP contribution is 2.41. The van der Waals surface area contributed by atoms with Gasteiger partial charge in [0.25, 0.3) is 11.6 Å². The van der Waals surface area contributed by atoms with Gasteiger partial charge in [-0.05, 0) is 54.6 Å². The topological polar surface area (TPSA) is 76.7 Å². The highest BCUT2D eigenvalue weighted by Gasteiger charge is 2.49. The first-order valence-corrected chi connectivity index (χ1v) is 12.9. The summed E-state index contributed by atoms with van der Waals surface area (Å²) in [5.74, 6) is 1.28. The van der Waals surface area contributed by atoms with E-state index >= 15 is 4.39 Å². The van der Waals surface area contributed by atoms with Crippen molar-refractivity contribution in [1.82, 2.24) is 14.9 Å². The van der Waals surface area contributed by atoms with Crippen LogP contribution in [0.3, 0.4) is 0 Å². The standard InChI is InChI=1S/C30H26F3N3O4/c1-3-20-24(32)8-5-17-11-19(40-16-38-2)12-23(25(17)20)21-6-7-22-27(26(21)33)34-29(35-28(22)37)39-15-30-9-4-10-36(30)14-18(31)13-30/h1,5-8,11-12,18H,4,9-10,13-16H2,2H3,(H,34,35,37)/t18-,30+/m1/s1. The number of fused-ring (bicyclic) bond motifs is 3. The number of alkyl halides is 1. The predicted molar refractivity (Wildman–Crippen MR) is 144 cm³/mol. The average molecular weight is 550 g/mol. The average Bonchev–Trinajstić information content (AvgIpc) is 3.46. The number of H-pyrrole nitrogens is 1. The molecule has 2 saturated heterocycles. The number of nitrogens with one attached hydrogen (secondary N) is 1. The zero-order valence-electron chi connectivity index (χ0n) is 21.7. The van der Waals surface area contributed by atoms with Crippen LogP contribution in [-0.4, -0.2) is 60.2 Å². The van der Waals surface area contributed by atoms with Crippen molar-refractivity contribution in [2.45, 2.75) is 31.0 Å². The van der Waals surface area contributed by atoms with Crippen LogP contribution in [0.1, 0.15) is 24.8 Å². The van der Waals surface area contributed by atoms with Gasteiger partial charge in [-0.3, -0.25) is 14.7 Å². The summed E-state index contributed by atoms with van der Waals surface area (Å²) in [6, 6.07) is 8.66. The number of ether oxygens (including phenoxy) is 3. The Balaban J connectivity index is 1.46. The molecule has 0 saturated carbocycles. The van der Waals surface area contributed by atoms with Gasteiger partial charge in [0.15, 0.2) is 12.6 Å². The second-order valence-corrected chi connectivity index (χ2v) is 10.2. The summed E-state index contributed by atoms with van der Waals surface area (Å²) in [5, 5.41) is 0.858. The van der Waals surface area contributed by atoms with E-state index in [0.717, 1.165) is 19.4 Å². The number of hydrogen-bond acceptors (Lipinski definition) is 6. The summed E-state index contributed by atoms with van der Waals surface area (Å²) in [4.78, 5) is 21.8. The van der Waals surface area contributed by atoms with Crippen LogP contribution in [0.5, 0.6) is 11.8 Å². The Morgan fingerprint density at radius 3 is 2.85 bits per heavy atom. The number of methoxy groups -OCH3 is 1. The Morgan fingerprint density at radius 2 is 2.05 bits per heavy atom. The molecule has 7 nitrogen and oxygen atoms in total. The van der Waals surface area contributed by atoms with Crippen LogP contribution in [-0.2, 0) is 4.74 Å². The molecule has 0 unspecified atom stereocenters. The maximum Gasteiger partial charge on any atom is 0.297 e. The van der Waals surface area contributed by atoms with Gasteiger partial charge in [0.1, 0.15) is 29.9 Å². The molecule has 3 heterocycles. The zero-order valence-corrected chi connectivity index (χ0v) is 21.7. The summed E-state index contributed by atoms with van der Waals surface area (Å²) in [6.07, 6.45) is 6.74. The van der Waals surface area contributed by atoms with E-state index in [1.807, 2.05) is 0 Å². The first kappa shape index (κ1) is 26.2. The highest BCUT2D eigenvalue weighted by molar-refractivity contribution is 6.03. The summed E-state index contributed by atoms with van der Waals surface area (Å²) >= 11 is 0. The van der Waals surface area contributed by atoms with Crippen molar-refractivity contribution in [3.05, 3.63) is 63.9 Å². The van der Waals surface area contributed by atoms with E-state index in [-0.39, 0.29) is 47.0 Å². The molecule has 2 aliphatic rings. The monoisotopic (exact) mass is 549 g/mol. The molecule has 0 amide bonds. The largest absolute Gasteiger partial charge is 0.468 e. The van der Waals surface area contributed by atoms with Gasteiger partial charge in [-0.25, -0.2) is 13.2 Å². The molecule has 206 valence electrons. The molecule has 2 aliphatic heterocycles. The Labute approximate surface area is 227 Å². The van der Waals surface area contributed by atoms with Crippen molar-refractivity contribution in [3.8, 4) is 35.2 Å². The van der Waals surface area contributed by atoms with E-state index in [1.54, 1.807) is 6.07 Å². The van der Waals surface area contributed by atoms with E-state index in [9.17, 15) is 13.6 Å². The van der Waals surface area contributed by atoms with Gasteiger partial charge in [0, 0.05) is 31.0 Å². The van der Waals surface area contributed by atoms with Crippen molar-refractivity contribution in [2.24, 2.45) is 0 Å². The second kappa shape index (κ2) is 10.2. The quantitative estimate of drug-likeness (QED) is 0.260. The fourth-order valence-electron chi connectivity index (χ4n) is 6.06. The molecular formula is C30H26F3N3O4. The molecule has 1 N–H and O–H groups in total.